The maximum absolute atomic E-state index is 12.0. The molecule has 94 valence electrons. The van der Waals surface area contributed by atoms with Gasteiger partial charge < -0.3 is 0 Å². The van der Waals surface area contributed by atoms with Crippen LogP contribution in [0, 0.1) is 25.2 Å². The lowest BCUT2D eigenvalue weighted by molar-refractivity contribution is 0.102. The number of aryl methyl sites for hydroxylation is 2. The topological polar surface area (TPSA) is 78.7 Å². The fourth-order valence-electron chi connectivity index (χ4n) is 1.65. The van der Waals surface area contributed by atoms with E-state index in [-0.39, 0.29) is 11.9 Å². The van der Waals surface area contributed by atoms with Crippen LogP contribution >= 0.6 is 0 Å². The van der Waals surface area contributed by atoms with E-state index < -0.39 is 0 Å². The molecule has 0 radical (unpaired) electrons. The minimum absolute atomic E-state index is 0.284. The molecule has 5 heteroatoms. The van der Waals surface area contributed by atoms with E-state index >= 15 is 0 Å². The van der Waals surface area contributed by atoms with E-state index in [1.54, 1.807) is 24.3 Å². The lowest BCUT2D eigenvalue weighted by Gasteiger charge is -2.05. The molecule has 0 aliphatic heterocycles. The van der Waals surface area contributed by atoms with Gasteiger partial charge in [0.05, 0.1) is 11.6 Å². The molecule has 1 amide bonds. The Morgan fingerprint density at radius 3 is 2.26 bits per heavy atom. The average Bonchev–Trinajstić information content (AvgIpc) is 2.37. The average molecular weight is 252 g/mol. The van der Waals surface area contributed by atoms with Crippen molar-refractivity contribution in [2.24, 2.45) is 0 Å². The van der Waals surface area contributed by atoms with Crippen molar-refractivity contribution in [2.45, 2.75) is 13.8 Å². The van der Waals surface area contributed by atoms with Crippen LogP contribution in [0.3, 0.4) is 0 Å². The van der Waals surface area contributed by atoms with Crippen LogP contribution in [0.4, 0.5) is 5.95 Å². The van der Waals surface area contributed by atoms with Crippen LogP contribution in [0.5, 0.6) is 0 Å². The van der Waals surface area contributed by atoms with E-state index in [9.17, 15) is 4.79 Å². The molecule has 0 saturated heterocycles. The number of carbonyl (C=O) groups is 1. The SMILES string of the molecule is Cc1cc(C)nc(NC(=O)c2ccc(C#N)cc2)n1. The first kappa shape index (κ1) is 12.7. The Kier molecular flexibility index (Phi) is 3.53. The van der Waals surface area contributed by atoms with Gasteiger partial charge >= 0.3 is 0 Å². The number of amides is 1. The smallest absolute Gasteiger partial charge is 0.258 e. The third-order valence-corrected chi connectivity index (χ3v) is 2.48. The van der Waals surface area contributed by atoms with Crippen molar-refractivity contribution in [2.75, 3.05) is 5.32 Å². The fraction of sp³-hybridized carbons (Fsp3) is 0.143. The number of nitriles is 1. The van der Waals surface area contributed by atoms with E-state index in [1.807, 2.05) is 26.0 Å². The number of aromatic nitrogens is 2. The van der Waals surface area contributed by atoms with Gasteiger partial charge in [-0.25, -0.2) is 9.97 Å². The van der Waals surface area contributed by atoms with Crippen LogP contribution in [-0.2, 0) is 0 Å². The highest BCUT2D eigenvalue weighted by molar-refractivity contribution is 6.03. The van der Waals surface area contributed by atoms with E-state index in [0.717, 1.165) is 11.4 Å². The summed E-state index contributed by atoms with van der Waals surface area (Å²) < 4.78 is 0. The first-order valence-electron chi connectivity index (χ1n) is 5.72. The molecule has 1 aromatic heterocycles. The van der Waals surface area contributed by atoms with Gasteiger partial charge in [-0.2, -0.15) is 5.26 Å². The van der Waals surface area contributed by atoms with Gasteiger partial charge in [0.25, 0.3) is 5.91 Å². The lowest BCUT2D eigenvalue weighted by Crippen LogP contribution is -2.14. The van der Waals surface area contributed by atoms with Crippen molar-refractivity contribution in [1.82, 2.24) is 9.97 Å². The molecule has 5 nitrogen and oxygen atoms in total. The van der Waals surface area contributed by atoms with Gasteiger partial charge in [-0.1, -0.05) is 0 Å². The minimum Gasteiger partial charge on any atom is -0.290 e. The van der Waals surface area contributed by atoms with Crippen LogP contribution in [0.1, 0.15) is 27.3 Å². The Balaban J connectivity index is 2.18. The number of hydrogen-bond donors (Lipinski definition) is 1. The molecule has 0 atom stereocenters. The van der Waals surface area contributed by atoms with E-state index in [0.29, 0.717) is 11.1 Å². The molecular weight excluding hydrogens is 240 g/mol. The Bertz CT molecular complexity index is 636. The van der Waals surface area contributed by atoms with Gasteiger partial charge in [-0.05, 0) is 44.2 Å². The number of carbonyl (C=O) groups excluding carboxylic acids is 1. The highest BCUT2D eigenvalue weighted by Gasteiger charge is 2.08. The quantitative estimate of drug-likeness (QED) is 0.888. The second kappa shape index (κ2) is 5.27. The predicted octanol–water partition coefficient (Wildman–Crippen LogP) is 2.22. The zero-order valence-corrected chi connectivity index (χ0v) is 10.6. The second-order valence-corrected chi connectivity index (χ2v) is 4.12. The van der Waals surface area contributed by atoms with Crippen LogP contribution in [0.25, 0.3) is 0 Å². The van der Waals surface area contributed by atoms with Gasteiger partial charge in [0.2, 0.25) is 5.95 Å². The van der Waals surface area contributed by atoms with Crippen LogP contribution in [0.15, 0.2) is 30.3 Å². The molecule has 1 heterocycles. The third kappa shape index (κ3) is 3.13. The molecule has 2 aromatic rings. The summed E-state index contributed by atoms with van der Waals surface area (Å²) in [6.45, 7) is 3.68. The van der Waals surface area contributed by atoms with Gasteiger partial charge in [-0.3, -0.25) is 10.1 Å². The van der Waals surface area contributed by atoms with Gasteiger partial charge in [0.1, 0.15) is 0 Å². The number of anilines is 1. The fourth-order valence-corrected chi connectivity index (χ4v) is 1.65. The van der Waals surface area contributed by atoms with Crippen LogP contribution in [0.2, 0.25) is 0 Å². The summed E-state index contributed by atoms with van der Waals surface area (Å²) in [5.41, 5.74) is 2.56. The second-order valence-electron chi connectivity index (χ2n) is 4.12. The molecule has 0 bridgehead atoms. The summed E-state index contributed by atoms with van der Waals surface area (Å²) in [5, 5.41) is 11.3. The van der Waals surface area contributed by atoms with Gasteiger partial charge in [0, 0.05) is 17.0 Å². The molecule has 0 fully saturated rings. The zero-order chi connectivity index (χ0) is 13.8. The Labute approximate surface area is 110 Å². The summed E-state index contributed by atoms with van der Waals surface area (Å²) in [6.07, 6.45) is 0. The lowest BCUT2D eigenvalue weighted by atomic mass is 10.1. The summed E-state index contributed by atoms with van der Waals surface area (Å²) in [7, 11) is 0. The van der Waals surface area contributed by atoms with Crippen LogP contribution < -0.4 is 5.32 Å². The van der Waals surface area contributed by atoms with Crippen molar-refractivity contribution in [1.29, 1.82) is 5.26 Å². The van der Waals surface area contributed by atoms with E-state index in [1.165, 1.54) is 0 Å². The molecule has 0 aliphatic carbocycles. The molecule has 1 aromatic carbocycles. The number of benzene rings is 1. The molecule has 1 N–H and O–H groups in total. The standard InChI is InChI=1S/C14H12N4O/c1-9-7-10(2)17-14(16-9)18-13(19)12-5-3-11(8-15)4-6-12/h3-7H,1-2H3,(H,16,17,18,19). The van der Waals surface area contributed by atoms with Crippen molar-refractivity contribution >= 4 is 11.9 Å². The molecule has 0 saturated carbocycles. The molecule has 2 rings (SSSR count). The predicted molar refractivity (Wildman–Crippen MR) is 70.6 cm³/mol. The van der Waals surface area contributed by atoms with Gasteiger partial charge in [-0.15, -0.1) is 0 Å². The summed E-state index contributed by atoms with van der Waals surface area (Å²) >= 11 is 0. The molecular formula is C14H12N4O. The van der Waals surface area contributed by atoms with Crippen molar-refractivity contribution < 1.29 is 4.79 Å². The third-order valence-electron chi connectivity index (χ3n) is 2.48. The number of hydrogen-bond acceptors (Lipinski definition) is 4. The number of nitrogens with one attached hydrogen (secondary N) is 1. The van der Waals surface area contributed by atoms with Gasteiger partial charge in [0.15, 0.2) is 0 Å². The first-order valence-corrected chi connectivity index (χ1v) is 5.72. The van der Waals surface area contributed by atoms with Crippen molar-refractivity contribution in [3.05, 3.63) is 52.8 Å². The minimum atomic E-state index is -0.297. The maximum Gasteiger partial charge on any atom is 0.258 e. The highest BCUT2D eigenvalue weighted by atomic mass is 16.1. The first-order chi connectivity index (χ1) is 9.08. The Hall–Kier alpha value is -2.74. The molecule has 19 heavy (non-hydrogen) atoms. The Morgan fingerprint density at radius 1 is 1.16 bits per heavy atom. The highest BCUT2D eigenvalue weighted by Crippen LogP contribution is 2.08. The van der Waals surface area contributed by atoms with Crippen LogP contribution in [-0.4, -0.2) is 15.9 Å². The molecule has 0 unspecified atom stereocenters. The van der Waals surface area contributed by atoms with Crippen molar-refractivity contribution in [3.8, 4) is 6.07 Å². The summed E-state index contributed by atoms with van der Waals surface area (Å²) in [4.78, 5) is 20.2. The monoisotopic (exact) mass is 252 g/mol. The largest absolute Gasteiger partial charge is 0.290 e. The number of rotatable bonds is 2. The number of nitrogens with zero attached hydrogens (tertiary/aromatic N) is 3. The zero-order valence-electron chi connectivity index (χ0n) is 10.6. The molecule has 0 spiro atoms. The summed E-state index contributed by atoms with van der Waals surface area (Å²) in [5.74, 6) is -0.0126. The maximum atomic E-state index is 12.0. The normalized spacial score (nSPS) is 9.74. The van der Waals surface area contributed by atoms with E-state index in [2.05, 4.69) is 15.3 Å². The van der Waals surface area contributed by atoms with Crippen molar-refractivity contribution in [3.63, 3.8) is 0 Å². The summed E-state index contributed by atoms with van der Waals surface area (Å²) in [6, 6.07) is 10.2. The molecule has 0 aliphatic rings. The van der Waals surface area contributed by atoms with E-state index in [4.69, 9.17) is 5.26 Å². The Morgan fingerprint density at radius 2 is 1.74 bits per heavy atom.